The molecule has 0 aromatic heterocycles. The molecule has 88 valence electrons. The van der Waals surface area contributed by atoms with Gasteiger partial charge < -0.3 is 11.1 Å². The fraction of sp³-hybridized carbons (Fsp3) is 0.462. The van der Waals surface area contributed by atoms with Crippen molar-refractivity contribution in [3.05, 3.63) is 35.4 Å². The third kappa shape index (κ3) is 4.45. The number of nitrogens with two attached hydrogens (primary N) is 1. The number of amides is 1. The van der Waals surface area contributed by atoms with Crippen LogP contribution in [0.1, 0.15) is 35.7 Å². The molecule has 3 nitrogen and oxygen atoms in total. The lowest BCUT2D eigenvalue weighted by Gasteiger charge is -2.07. The van der Waals surface area contributed by atoms with Gasteiger partial charge in [-0.1, -0.05) is 17.7 Å². The van der Waals surface area contributed by atoms with Crippen LogP contribution in [0.25, 0.3) is 0 Å². The van der Waals surface area contributed by atoms with Crippen molar-refractivity contribution >= 4 is 5.91 Å². The van der Waals surface area contributed by atoms with Gasteiger partial charge in [-0.2, -0.15) is 0 Å². The van der Waals surface area contributed by atoms with Crippen LogP contribution in [0, 0.1) is 6.92 Å². The lowest BCUT2D eigenvalue weighted by molar-refractivity contribution is 0.0952. The van der Waals surface area contributed by atoms with E-state index in [2.05, 4.69) is 5.32 Å². The van der Waals surface area contributed by atoms with Gasteiger partial charge in [0.1, 0.15) is 0 Å². The van der Waals surface area contributed by atoms with E-state index in [0.29, 0.717) is 6.54 Å². The van der Waals surface area contributed by atoms with Crippen molar-refractivity contribution in [3.8, 4) is 0 Å². The molecule has 1 amide bonds. The van der Waals surface area contributed by atoms with Gasteiger partial charge in [-0.25, -0.2) is 0 Å². The molecule has 1 atom stereocenters. The predicted molar refractivity (Wildman–Crippen MR) is 66.4 cm³/mol. The molecule has 0 heterocycles. The highest BCUT2D eigenvalue weighted by atomic mass is 16.1. The Balaban J connectivity index is 2.35. The predicted octanol–water partition coefficient (Wildman–Crippen LogP) is 1.85. The Labute approximate surface area is 97.0 Å². The van der Waals surface area contributed by atoms with Gasteiger partial charge in [-0.15, -0.1) is 0 Å². The highest BCUT2D eigenvalue weighted by Gasteiger charge is 2.04. The minimum atomic E-state index is -0.00613. The van der Waals surface area contributed by atoms with Gasteiger partial charge in [0.2, 0.25) is 0 Å². The molecule has 1 rings (SSSR count). The second-order valence-corrected chi connectivity index (χ2v) is 4.24. The quantitative estimate of drug-likeness (QED) is 0.744. The van der Waals surface area contributed by atoms with Crippen LogP contribution in [-0.2, 0) is 0 Å². The van der Waals surface area contributed by atoms with E-state index in [1.54, 1.807) is 0 Å². The Morgan fingerprint density at radius 2 is 2.25 bits per heavy atom. The third-order valence-corrected chi connectivity index (χ3v) is 2.40. The average molecular weight is 220 g/mol. The first-order valence-corrected chi connectivity index (χ1v) is 5.70. The van der Waals surface area contributed by atoms with Gasteiger partial charge in [-0.05, 0) is 38.8 Å². The molecule has 0 radical (unpaired) electrons. The SMILES string of the molecule is Cc1cccc(C(=O)NCCCC(C)N)c1. The number of nitrogens with one attached hydrogen (secondary N) is 1. The van der Waals surface area contributed by atoms with E-state index in [1.807, 2.05) is 38.1 Å². The van der Waals surface area contributed by atoms with Crippen LogP contribution in [0.3, 0.4) is 0 Å². The molecule has 0 saturated carbocycles. The molecule has 0 spiro atoms. The number of hydrogen-bond donors (Lipinski definition) is 2. The molecule has 3 N–H and O–H groups in total. The summed E-state index contributed by atoms with van der Waals surface area (Å²) in [6, 6.07) is 7.80. The zero-order valence-corrected chi connectivity index (χ0v) is 9.99. The molecule has 1 unspecified atom stereocenters. The van der Waals surface area contributed by atoms with E-state index in [0.717, 1.165) is 24.0 Å². The number of carbonyl (C=O) groups excluding carboxylic acids is 1. The number of benzene rings is 1. The molecule has 0 aliphatic rings. The molecule has 0 aliphatic heterocycles. The largest absolute Gasteiger partial charge is 0.352 e. The van der Waals surface area contributed by atoms with E-state index in [-0.39, 0.29) is 11.9 Å². The van der Waals surface area contributed by atoms with Gasteiger partial charge in [0.05, 0.1) is 0 Å². The van der Waals surface area contributed by atoms with Gasteiger partial charge >= 0.3 is 0 Å². The minimum Gasteiger partial charge on any atom is -0.352 e. The summed E-state index contributed by atoms with van der Waals surface area (Å²) >= 11 is 0. The topological polar surface area (TPSA) is 55.1 Å². The molecule has 0 aliphatic carbocycles. The molecular formula is C13H20N2O. The van der Waals surface area contributed by atoms with Crippen molar-refractivity contribution in [2.24, 2.45) is 5.73 Å². The smallest absolute Gasteiger partial charge is 0.251 e. The van der Waals surface area contributed by atoms with Crippen molar-refractivity contribution in [1.29, 1.82) is 0 Å². The zero-order valence-electron chi connectivity index (χ0n) is 9.99. The van der Waals surface area contributed by atoms with Crippen molar-refractivity contribution in [2.75, 3.05) is 6.54 Å². The molecule has 16 heavy (non-hydrogen) atoms. The Kier molecular flexibility index (Phi) is 4.99. The summed E-state index contributed by atoms with van der Waals surface area (Å²) in [7, 11) is 0. The first kappa shape index (κ1) is 12.7. The van der Waals surface area contributed by atoms with Gasteiger partial charge in [0.15, 0.2) is 0 Å². The fourth-order valence-corrected chi connectivity index (χ4v) is 1.51. The number of rotatable bonds is 5. The van der Waals surface area contributed by atoms with E-state index < -0.39 is 0 Å². The summed E-state index contributed by atoms with van der Waals surface area (Å²) in [4.78, 5) is 11.7. The highest BCUT2D eigenvalue weighted by Crippen LogP contribution is 2.03. The number of carbonyl (C=O) groups is 1. The summed E-state index contributed by atoms with van der Waals surface area (Å²) in [6.45, 7) is 4.64. The number of hydrogen-bond acceptors (Lipinski definition) is 2. The van der Waals surface area contributed by atoms with E-state index >= 15 is 0 Å². The van der Waals surface area contributed by atoms with Gasteiger partial charge in [-0.3, -0.25) is 4.79 Å². The fourth-order valence-electron chi connectivity index (χ4n) is 1.51. The van der Waals surface area contributed by atoms with E-state index in [4.69, 9.17) is 5.73 Å². The lowest BCUT2D eigenvalue weighted by atomic mass is 10.1. The second kappa shape index (κ2) is 6.28. The summed E-state index contributed by atoms with van der Waals surface area (Å²) in [5.41, 5.74) is 7.45. The summed E-state index contributed by atoms with van der Waals surface area (Å²) in [5, 5.41) is 2.89. The summed E-state index contributed by atoms with van der Waals surface area (Å²) in [5.74, 6) is -0.00613. The summed E-state index contributed by atoms with van der Waals surface area (Å²) in [6.07, 6.45) is 1.86. The third-order valence-electron chi connectivity index (χ3n) is 2.40. The molecular weight excluding hydrogens is 200 g/mol. The molecule has 1 aromatic carbocycles. The maximum Gasteiger partial charge on any atom is 0.251 e. The van der Waals surface area contributed by atoms with Crippen LogP contribution >= 0.6 is 0 Å². The van der Waals surface area contributed by atoms with Crippen molar-refractivity contribution < 1.29 is 4.79 Å². The first-order chi connectivity index (χ1) is 7.59. The van der Waals surface area contributed by atoms with Crippen LogP contribution in [0.15, 0.2) is 24.3 Å². The number of aryl methyl sites for hydroxylation is 1. The second-order valence-electron chi connectivity index (χ2n) is 4.24. The lowest BCUT2D eigenvalue weighted by Crippen LogP contribution is -2.26. The van der Waals surface area contributed by atoms with Crippen LogP contribution in [0.5, 0.6) is 0 Å². The Bertz CT molecular complexity index is 348. The maximum atomic E-state index is 11.7. The zero-order chi connectivity index (χ0) is 12.0. The van der Waals surface area contributed by atoms with Crippen molar-refractivity contribution in [1.82, 2.24) is 5.32 Å². The molecule has 0 bridgehead atoms. The van der Waals surface area contributed by atoms with Crippen molar-refractivity contribution in [3.63, 3.8) is 0 Å². The normalized spacial score (nSPS) is 12.2. The van der Waals surface area contributed by atoms with E-state index in [1.165, 1.54) is 0 Å². The Morgan fingerprint density at radius 1 is 1.50 bits per heavy atom. The average Bonchev–Trinajstić information content (AvgIpc) is 2.24. The first-order valence-electron chi connectivity index (χ1n) is 5.70. The molecule has 0 fully saturated rings. The Hall–Kier alpha value is -1.35. The van der Waals surface area contributed by atoms with Crippen molar-refractivity contribution in [2.45, 2.75) is 32.7 Å². The van der Waals surface area contributed by atoms with Crippen LogP contribution in [-0.4, -0.2) is 18.5 Å². The van der Waals surface area contributed by atoms with E-state index in [9.17, 15) is 4.79 Å². The standard InChI is InChI=1S/C13H20N2O/c1-10-5-3-7-12(9-10)13(16)15-8-4-6-11(2)14/h3,5,7,9,11H,4,6,8,14H2,1-2H3,(H,15,16). The summed E-state index contributed by atoms with van der Waals surface area (Å²) < 4.78 is 0. The monoisotopic (exact) mass is 220 g/mol. The maximum absolute atomic E-state index is 11.7. The molecule has 3 heteroatoms. The molecule has 1 aromatic rings. The van der Waals surface area contributed by atoms with Gasteiger partial charge in [0.25, 0.3) is 5.91 Å². The van der Waals surface area contributed by atoms with Crippen LogP contribution in [0.4, 0.5) is 0 Å². The minimum absolute atomic E-state index is 0.00613. The van der Waals surface area contributed by atoms with Crippen LogP contribution < -0.4 is 11.1 Å². The molecule has 0 saturated heterocycles. The van der Waals surface area contributed by atoms with Crippen LogP contribution in [0.2, 0.25) is 0 Å². The van der Waals surface area contributed by atoms with Gasteiger partial charge in [0, 0.05) is 18.2 Å². The Morgan fingerprint density at radius 3 is 2.88 bits per heavy atom. The highest BCUT2D eigenvalue weighted by molar-refractivity contribution is 5.94.